The number of carbonyl (C=O) groups excluding carboxylic acids is 4. The van der Waals surface area contributed by atoms with Gasteiger partial charge in [-0.05, 0) is 58.0 Å². The van der Waals surface area contributed by atoms with E-state index in [0.717, 1.165) is 6.42 Å². The van der Waals surface area contributed by atoms with E-state index in [-0.39, 0.29) is 48.4 Å². The summed E-state index contributed by atoms with van der Waals surface area (Å²) in [4.78, 5) is 56.6. The zero-order valence-electron chi connectivity index (χ0n) is 19.2. The van der Waals surface area contributed by atoms with Crippen LogP contribution >= 0.6 is 0 Å². The van der Waals surface area contributed by atoms with Crippen LogP contribution in [0.5, 0.6) is 0 Å². The number of imide groups is 1. The molecule has 0 aliphatic carbocycles. The zero-order chi connectivity index (χ0) is 23.1. The lowest BCUT2D eigenvalue weighted by molar-refractivity contribution is -0.181. The van der Waals surface area contributed by atoms with Gasteiger partial charge in [0.25, 0.3) is 5.91 Å². The second-order valence-corrected chi connectivity index (χ2v) is 9.11. The lowest BCUT2D eigenvalue weighted by Gasteiger charge is -2.53. The van der Waals surface area contributed by atoms with Crippen LogP contribution < -0.4 is 11.5 Å². The molecule has 0 aromatic heterocycles. The predicted molar refractivity (Wildman–Crippen MR) is 117 cm³/mol. The number of carbonyl (C=O) groups is 4. The molecule has 0 aromatic rings. The molecule has 2 rings (SSSR count). The van der Waals surface area contributed by atoms with Crippen molar-refractivity contribution in [3.63, 3.8) is 0 Å². The maximum Gasteiger partial charge on any atom is 0.251 e. The van der Waals surface area contributed by atoms with Crippen molar-refractivity contribution in [1.82, 2.24) is 14.7 Å². The number of fused-ring (bicyclic) bond motifs is 1. The second-order valence-electron chi connectivity index (χ2n) is 9.11. The van der Waals surface area contributed by atoms with Crippen molar-refractivity contribution in [2.45, 2.75) is 77.9 Å². The number of rotatable bonds is 10. The number of nitrogens with two attached hydrogens (primary N) is 2. The first-order valence-electron chi connectivity index (χ1n) is 11.6. The van der Waals surface area contributed by atoms with Gasteiger partial charge in [-0.2, -0.15) is 0 Å². The summed E-state index contributed by atoms with van der Waals surface area (Å²) >= 11 is 0. The summed E-state index contributed by atoms with van der Waals surface area (Å²) in [7, 11) is 0. The second kappa shape index (κ2) is 11.6. The van der Waals surface area contributed by atoms with Crippen molar-refractivity contribution in [3.8, 4) is 0 Å². The summed E-state index contributed by atoms with van der Waals surface area (Å²) in [5, 5.41) is 0. The first-order valence-corrected chi connectivity index (χ1v) is 11.6. The molecule has 31 heavy (non-hydrogen) atoms. The number of piperazine rings is 1. The molecule has 0 saturated carbocycles. The van der Waals surface area contributed by atoms with E-state index in [1.165, 1.54) is 4.90 Å². The lowest BCUT2D eigenvalue weighted by atomic mass is 9.90. The molecular weight excluding hydrogens is 398 g/mol. The summed E-state index contributed by atoms with van der Waals surface area (Å²) in [5.74, 6) is -0.837. The van der Waals surface area contributed by atoms with Crippen LogP contribution in [0.2, 0.25) is 0 Å². The van der Waals surface area contributed by atoms with Gasteiger partial charge >= 0.3 is 0 Å². The Morgan fingerprint density at radius 2 is 1.52 bits per heavy atom. The fourth-order valence-electron chi connectivity index (χ4n) is 4.54. The number of hydrogen-bond acceptors (Lipinski definition) is 6. The van der Waals surface area contributed by atoms with E-state index >= 15 is 0 Å². The van der Waals surface area contributed by atoms with Gasteiger partial charge in [-0.25, -0.2) is 0 Å². The van der Waals surface area contributed by atoms with E-state index in [1.807, 2.05) is 13.8 Å². The molecule has 2 fully saturated rings. The van der Waals surface area contributed by atoms with Crippen LogP contribution in [0.1, 0.15) is 65.7 Å². The Morgan fingerprint density at radius 3 is 2.06 bits per heavy atom. The Labute approximate surface area is 185 Å². The fourth-order valence-corrected chi connectivity index (χ4v) is 4.54. The molecule has 3 atom stereocenters. The molecule has 2 aliphatic rings. The average Bonchev–Trinajstić information content (AvgIpc) is 2.72. The summed E-state index contributed by atoms with van der Waals surface area (Å²) in [6, 6.07) is -0.779. The third kappa shape index (κ3) is 6.04. The molecule has 0 aromatic carbocycles. The van der Waals surface area contributed by atoms with Crippen LogP contribution in [0.3, 0.4) is 0 Å². The van der Waals surface area contributed by atoms with E-state index in [1.54, 1.807) is 16.7 Å². The molecule has 4 amide bonds. The summed E-state index contributed by atoms with van der Waals surface area (Å²) < 4.78 is 0. The van der Waals surface area contributed by atoms with Crippen molar-refractivity contribution in [1.29, 1.82) is 0 Å². The SMILES string of the molecule is CC(C)C[C@H]1CN(C(=O)CCCCN)[C@H]2CN(C(=O)CCCCN)C(=O)[C@@H](C)N2C1=O. The van der Waals surface area contributed by atoms with E-state index in [4.69, 9.17) is 11.5 Å². The Bertz CT molecular complexity index is 668. The van der Waals surface area contributed by atoms with Gasteiger partial charge in [-0.1, -0.05) is 13.8 Å². The standard InChI is InChI=1S/C22H39N5O4/c1-15(2)12-17-13-25(19(28)8-4-6-10-23)18-14-26(20(29)9-5-7-11-24)21(30)16(3)27(18)22(17)31/h15-18H,4-14,23-24H2,1-3H3/t16-,17+,18-/m1/s1. The smallest absolute Gasteiger partial charge is 0.251 e. The third-order valence-electron chi connectivity index (χ3n) is 6.16. The highest BCUT2D eigenvalue weighted by molar-refractivity contribution is 6.01. The Hall–Kier alpha value is -2.00. The van der Waals surface area contributed by atoms with Crippen molar-refractivity contribution >= 4 is 23.6 Å². The van der Waals surface area contributed by atoms with E-state index in [0.29, 0.717) is 51.7 Å². The van der Waals surface area contributed by atoms with Gasteiger partial charge in [0, 0.05) is 19.4 Å². The maximum atomic E-state index is 13.3. The van der Waals surface area contributed by atoms with Crippen molar-refractivity contribution in [2.24, 2.45) is 23.3 Å². The molecule has 0 spiro atoms. The van der Waals surface area contributed by atoms with E-state index in [9.17, 15) is 19.2 Å². The normalized spacial score (nSPS) is 24.1. The molecule has 0 unspecified atom stereocenters. The Kier molecular flexibility index (Phi) is 9.43. The molecule has 176 valence electrons. The first kappa shape index (κ1) is 25.3. The number of nitrogens with zero attached hydrogens (tertiary/aromatic N) is 3. The van der Waals surface area contributed by atoms with Crippen LogP contribution in [-0.2, 0) is 19.2 Å². The minimum atomic E-state index is -0.779. The van der Waals surface area contributed by atoms with Crippen LogP contribution in [0.4, 0.5) is 0 Å². The highest BCUT2D eigenvalue weighted by Crippen LogP contribution is 2.31. The Balaban J connectivity index is 2.27. The van der Waals surface area contributed by atoms with Gasteiger partial charge in [0.15, 0.2) is 0 Å². The molecule has 0 bridgehead atoms. The highest BCUT2D eigenvalue weighted by Gasteiger charge is 2.51. The van der Waals surface area contributed by atoms with Crippen molar-refractivity contribution in [3.05, 3.63) is 0 Å². The molecule has 2 saturated heterocycles. The van der Waals surface area contributed by atoms with Gasteiger partial charge in [-0.3, -0.25) is 24.1 Å². The number of unbranched alkanes of at least 4 members (excludes halogenated alkanes) is 2. The van der Waals surface area contributed by atoms with Gasteiger partial charge in [0.2, 0.25) is 17.7 Å². The molecule has 2 aliphatic heterocycles. The molecular formula is C22H39N5O4. The largest absolute Gasteiger partial charge is 0.330 e. The first-order chi connectivity index (χ1) is 14.7. The van der Waals surface area contributed by atoms with Crippen LogP contribution in [-0.4, -0.2) is 76.7 Å². The lowest BCUT2D eigenvalue weighted by Crippen LogP contribution is -2.73. The van der Waals surface area contributed by atoms with E-state index < -0.39 is 12.2 Å². The number of hydrogen-bond donors (Lipinski definition) is 2. The average molecular weight is 438 g/mol. The van der Waals surface area contributed by atoms with Gasteiger partial charge < -0.3 is 21.3 Å². The molecule has 0 radical (unpaired) electrons. The maximum absolute atomic E-state index is 13.3. The fraction of sp³-hybridized carbons (Fsp3) is 0.818. The quantitative estimate of drug-likeness (QED) is 0.483. The Morgan fingerprint density at radius 1 is 0.935 bits per heavy atom. The summed E-state index contributed by atoms with van der Waals surface area (Å²) in [6.45, 7) is 7.11. The molecule has 2 heterocycles. The topological polar surface area (TPSA) is 130 Å². The van der Waals surface area contributed by atoms with Crippen LogP contribution in [0.15, 0.2) is 0 Å². The minimum Gasteiger partial charge on any atom is -0.330 e. The van der Waals surface area contributed by atoms with Gasteiger partial charge in [-0.15, -0.1) is 0 Å². The summed E-state index contributed by atoms with van der Waals surface area (Å²) in [5.41, 5.74) is 11.1. The zero-order valence-corrected chi connectivity index (χ0v) is 19.2. The molecule has 9 nitrogen and oxygen atoms in total. The monoisotopic (exact) mass is 437 g/mol. The van der Waals surface area contributed by atoms with E-state index in [2.05, 4.69) is 0 Å². The van der Waals surface area contributed by atoms with Crippen molar-refractivity contribution < 1.29 is 19.2 Å². The third-order valence-corrected chi connectivity index (χ3v) is 6.16. The predicted octanol–water partition coefficient (Wildman–Crippen LogP) is 0.661. The van der Waals surface area contributed by atoms with Gasteiger partial charge in [0.1, 0.15) is 12.2 Å². The highest BCUT2D eigenvalue weighted by atomic mass is 16.2. The molecule has 4 N–H and O–H groups in total. The van der Waals surface area contributed by atoms with Crippen molar-refractivity contribution in [2.75, 3.05) is 26.2 Å². The minimum absolute atomic E-state index is 0.0351. The summed E-state index contributed by atoms with van der Waals surface area (Å²) in [6.07, 6.45) is 3.37. The van der Waals surface area contributed by atoms with Crippen LogP contribution in [0, 0.1) is 11.8 Å². The van der Waals surface area contributed by atoms with Crippen LogP contribution in [0.25, 0.3) is 0 Å². The number of amides is 4. The molecule has 9 heteroatoms. The van der Waals surface area contributed by atoms with Gasteiger partial charge in [0.05, 0.1) is 12.5 Å².